The molecule has 47 heavy (non-hydrogen) atoms. The lowest BCUT2D eigenvalue weighted by Gasteiger charge is -2.35. The van der Waals surface area contributed by atoms with Crippen molar-refractivity contribution in [1.82, 2.24) is 10.2 Å². The predicted octanol–water partition coefficient (Wildman–Crippen LogP) is 7.19. The number of benzene rings is 4. The van der Waals surface area contributed by atoms with Crippen molar-refractivity contribution in [2.45, 2.75) is 75.4 Å². The van der Waals surface area contributed by atoms with Crippen molar-refractivity contribution < 1.29 is 18.0 Å². The van der Waals surface area contributed by atoms with Crippen LogP contribution in [0.25, 0.3) is 0 Å². The van der Waals surface area contributed by atoms with Crippen LogP contribution in [-0.2, 0) is 39.0 Å². The van der Waals surface area contributed by atoms with Gasteiger partial charge >= 0.3 is 0 Å². The number of nitrogens with one attached hydrogen (secondary N) is 1. The Balaban J connectivity index is 1.58. The summed E-state index contributed by atoms with van der Waals surface area (Å²) in [6, 6.07) is 31.3. The number of carbonyl (C=O) groups is 2. The molecule has 5 rings (SSSR count). The SMILES string of the molecule is CCc1ccccc1N(CC(=O)N(Cc1ccccc1Cl)[C@H](Cc1ccccc1)C(=O)NC1CCCCC1)S(=O)(=O)c1ccccc1. The van der Waals surface area contributed by atoms with Crippen LogP contribution in [0.2, 0.25) is 5.02 Å². The summed E-state index contributed by atoms with van der Waals surface area (Å²) in [7, 11) is -4.16. The minimum atomic E-state index is -4.16. The average molecular weight is 672 g/mol. The molecular weight excluding hydrogens is 630 g/mol. The van der Waals surface area contributed by atoms with Gasteiger partial charge in [0, 0.05) is 24.0 Å². The second kappa shape index (κ2) is 16.1. The quantitative estimate of drug-likeness (QED) is 0.163. The fraction of sp³-hybridized carbons (Fsp3) is 0.316. The summed E-state index contributed by atoms with van der Waals surface area (Å²) in [5, 5.41) is 3.70. The Kier molecular flexibility index (Phi) is 11.7. The van der Waals surface area contributed by atoms with Crippen LogP contribution < -0.4 is 9.62 Å². The molecule has 4 aromatic carbocycles. The summed E-state index contributed by atoms with van der Waals surface area (Å²) in [6.07, 6.45) is 5.82. The van der Waals surface area contributed by atoms with Crippen LogP contribution in [0.3, 0.4) is 0 Å². The molecular formula is C38H42ClN3O4S. The minimum Gasteiger partial charge on any atom is -0.352 e. The zero-order chi connectivity index (χ0) is 33.2. The maximum absolute atomic E-state index is 14.7. The minimum absolute atomic E-state index is 0.0261. The Bertz CT molecular complexity index is 1750. The molecule has 0 bridgehead atoms. The number of hydrogen-bond donors (Lipinski definition) is 1. The number of halogens is 1. The van der Waals surface area contributed by atoms with E-state index in [1.807, 2.05) is 67.6 Å². The van der Waals surface area contributed by atoms with Gasteiger partial charge in [-0.3, -0.25) is 13.9 Å². The highest BCUT2D eigenvalue weighted by Gasteiger charge is 2.36. The number of carbonyl (C=O) groups excluding carboxylic acids is 2. The van der Waals surface area contributed by atoms with E-state index in [1.165, 1.54) is 21.3 Å². The van der Waals surface area contributed by atoms with Crippen LogP contribution in [0.5, 0.6) is 0 Å². The van der Waals surface area contributed by atoms with Gasteiger partial charge in [-0.15, -0.1) is 0 Å². The van der Waals surface area contributed by atoms with Gasteiger partial charge in [0.15, 0.2) is 0 Å². The molecule has 0 radical (unpaired) electrons. The fourth-order valence-corrected chi connectivity index (χ4v) is 7.86. The van der Waals surface area contributed by atoms with Gasteiger partial charge in [0.05, 0.1) is 10.6 Å². The van der Waals surface area contributed by atoms with E-state index in [-0.39, 0.29) is 29.8 Å². The summed E-state index contributed by atoms with van der Waals surface area (Å²) >= 11 is 6.62. The number of sulfonamides is 1. The number of rotatable bonds is 13. The summed E-state index contributed by atoms with van der Waals surface area (Å²) in [4.78, 5) is 30.6. The van der Waals surface area contributed by atoms with Crippen molar-refractivity contribution in [2.75, 3.05) is 10.8 Å². The van der Waals surface area contributed by atoms with E-state index in [1.54, 1.807) is 36.4 Å². The molecule has 1 aliphatic rings. The second-order valence-corrected chi connectivity index (χ2v) is 14.2. The first-order chi connectivity index (χ1) is 22.8. The predicted molar refractivity (Wildman–Crippen MR) is 188 cm³/mol. The maximum atomic E-state index is 14.7. The summed E-state index contributed by atoms with van der Waals surface area (Å²) < 4.78 is 29.7. The summed E-state index contributed by atoms with van der Waals surface area (Å²) in [5.41, 5.74) is 2.76. The number of para-hydroxylation sites is 1. The molecule has 0 unspecified atom stereocenters. The van der Waals surface area contributed by atoms with Crippen molar-refractivity contribution in [1.29, 1.82) is 0 Å². The highest BCUT2D eigenvalue weighted by atomic mass is 35.5. The Hall–Kier alpha value is -4.14. The number of nitrogens with zero attached hydrogens (tertiary/aromatic N) is 2. The molecule has 4 aromatic rings. The molecule has 0 aromatic heterocycles. The number of amides is 2. The summed E-state index contributed by atoms with van der Waals surface area (Å²) in [5.74, 6) is -0.761. The molecule has 246 valence electrons. The van der Waals surface area contributed by atoms with E-state index in [0.29, 0.717) is 22.7 Å². The smallest absolute Gasteiger partial charge is 0.264 e. The van der Waals surface area contributed by atoms with Gasteiger partial charge in [-0.1, -0.05) is 123 Å². The highest BCUT2D eigenvalue weighted by Crippen LogP contribution is 2.29. The van der Waals surface area contributed by atoms with Crippen LogP contribution in [0.1, 0.15) is 55.7 Å². The normalized spacial score (nSPS) is 14.3. The topological polar surface area (TPSA) is 86.8 Å². The molecule has 0 heterocycles. The Morgan fingerprint density at radius 3 is 2.06 bits per heavy atom. The van der Waals surface area contributed by atoms with Crippen LogP contribution in [0.4, 0.5) is 5.69 Å². The Morgan fingerprint density at radius 2 is 1.40 bits per heavy atom. The van der Waals surface area contributed by atoms with Crippen LogP contribution in [0, 0.1) is 0 Å². The van der Waals surface area contributed by atoms with Crippen molar-refractivity contribution in [3.05, 3.63) is 131 Å². The largest absolute Gasteiger partial charge is 0.352 e. The highest BCUT2D eigenvalue weighted by molar-refractivity contribution is 7.92. The van der Waals surface area contributed by atoms with E-state index < -0.39 is 28.5 Å². The van der Waals surface area contributed by atoms with E-state index in [2.05, 4.69) is 5.32 Å². The zero-order valence-corrected chi connectivity index (χ0v) is 28.3. The Morgan fingerprint density at radius 1 is 0.809 bits per heavy atom. The van der Waals surface area contributed by atoms with Crippen molar-refractivity contribution >= 4 is 39.1 Å². The molecule has 1 fully saturated rings. The van der Waals surface area contributed by atoms with Crippen LogP contribution in [-0.4, -0.2) is 43.8 Å². The Labute approximate surface area is 283 Å². The molecule has 1 aliphatic carbocycles. The molecule has 1 atom stereocenters. The van der Waals surface area contributed by atoms with E-state index in [9.17, 15) is 18.0 Å². The molecule has 9 heteroatoms. The molecule has 1 N–H and O–H groups in total. The van der Waals surface area contributed by atoms with Crippen molar-refractivity contribution in [2.24, 2.45) is 0 Å². The van der Waals surface area contributed by atoms with E-state index in [0.717, 1.165) is 43.2 Å². The first-order valence-electron chi connectivity index (χ1n) is 16.3. The van der Waals surface area contributed by atoms with Crippen molar-refractivity contribution in [3.63, 3.8) is 0 Å². The van der Waals surface area contributed by atoms with Crippen LogP contribution in [0.15, 0.2) is 114 Å². The summed E-state index contributed by atoms with van der Waals surface area (Å²) in [6.45, 7) is 1.48. The van der Waals surface area contributed by atoms with Gasteiger partial charge < -0.3 is 10.2 Å². The van der Waals surface area contributed by atoms with Crippen molar-refractivity contribution in [3.8, 4) is 0 Å². The first-order valence-corrected chi connectivity index (χ1v) is 18.1. The number of anilines is 1. The van der Waals surface area contributed by atoms with Gasteiger partial charge in [-0.25, -0.2) is 8.42 Å². The molecule has 0 spiro atoms. The standard InChI is InChI=1S/C38H42ClN3O4S/c1-2-30-18-13-15-25-35(30)42(47(45,46)33-22-10-5-11-23-33)28-37(43)41(27-31-19-12-14-24-34(31)39)36(26-29-16-6-3-7-17-29)38(44)40-32-20-8-4-9-21-32/h3,5-7,10-19,22-25,32,36H,2,4,8-9,20-21,26-28H2,1H3,(H,40,44)/t36-/m1/s1. The molecule has 0 aliphatic heterocycles. The van der Waals surface area contributed by atoms with Gasteiger partial charge in [0.25, 0.3) is 10.0 Å². The zero-order valence-electron chi connectivity index (χ0n) is 26.7. The van der Waals surface area contributed by atoms with Gasteiger partial charge in [0.1, 0.15) is 12.6 Å². The molecule has 1 saturated carbocycles. The third-order valence-corrected chi connectivity index (χ3v) is 10.9. The van der Waals surface area contributed by atoms with Gasteiger partial charge in [-0.05, 0) is 60.2 Å². The van der Waals surface area contributed by atoms with E-state index >= 15 is 0 Å². The van der Waals surface area contributed by atoms with Gasteiger partial charge in [-0.2, -0.15) is 0 Å². The molecule has 7 nitrogen and oxygen atoms in total. The fourth-order valence-electron chi connectivity index (χ4n) is 6.19. The number of aryl methyl sites for hydroxylation is 1. The average Bonchev–Trinajstić information content (AvgIpc) is 3.10. The second-order valence-electron chi connectivity index (χ2n) is 12.0. The lowest BCUT2D eigenvalue weighted by atomic mass is 9.94. The maximum Gasteiger partial charge on any atom is 0.264 e. The number of hydrogen-bond acceptors (Lipinski definition) is 4. The van der Waals surface area contributed by atoms with Crippen LogP contribution >= 0.6 is 11.6 Å². The molecule has 0 saturated heterocycles. The lowest BCUT2D eigenvalue weighted by Crippen LogP contribution is -2.55. The third kappa shape index (κ3) is 8.62. The van der Waals surface area contributed by atoms with E-state index in [4.69, 9.17) is 11.6 Å². The van der Waals surface area contributed by atoms with Gasteiger partial charge in [0.2, 0.25) is 11.8 Å². The molecule has 2 amide bonds. The lowest BCUT2D eigenvalue weighted by molar-refractivity contribution is -0.140. The first kappa shape index (κ1) is 34.2. The third-order valence-electron chi connectivity index (χ3n) is 8.77. The monoisotopic (exact) mass is 671 g/mol.